The van der Waals surface area contributed by atoms with Crippen molar-refractivity contribution in [1.29, 1.82) is 10.5 Å². The zero-order valence-corrected chi connectivity index (χ0v) is 11.3. The Morgan fingerprint density at radius 1 is 1.21 bits per heavy atom. The Morgan fingerprint density at radius 2 is 1.84 bits per heavy atom. The number of nitrogens with zero attached hydrogens (tertiary/aromatic N) is 3. The van der Waals surface area contributed by atoms with Crippen LogP contribution in [-0.4, -0.2) is 4.98 Å². The number of halogens is 1. The molecule has 1 aromatic carbocycles. The van der Waals surface area contributed by atoms with Gasteiger partial charge in [0, 0.05) is 10.9 Å². The standard InChI is InChI=1S/C15H10ClN3/c1-9-3-4-10(2)14-13(9)6-12(15(16)19-14)5-11(7-17)8-18/h3-6H,1-2H3. The molecule has 0 amide bonds. The van der Waals surface area contributed by atoms with E-state index in [9.17, 15) is 0 Å². The van der Waals surface area contributed by atoms with Crippen LogP contribution in [0.25, 0.3) is 17.0 Å². The van der Waals surface area contributed by atoms with Crippen molar-refractivity contribution in [3.63, 3.8) is 0 Å². The van der Waals surface area contributed by atoms with E-state index in [-0.39, 0.29) is 5.57 Å². The Hall–Kier alpha value is -2.36. The maximum Gasteiger partial charge on any atom is 0.137 e. The van der Waals surface area contributed by atoms with Crippen molar-refractivity contribution in [2.45, 2.75) is 13.8 Å². The molecule has 0 saturated carbocycles. The third kappa shape index (κ3) is 2.42. The highest BCUT2D eigenvalue weighted by atomic mass is 35.5. The van der Waals surface area contributed by atoms with Crippen LogP contribution in [0.1, 0.15) is 16.7 Å². The number of aryl methyl sites for hydroxylation is 2. The maximum atomic E-state index is 8.79. The second-order valence-electron chi connectivity index (χ2n) is 4.25. The number of allylic oxidation sites excluding steroid dienone is 1. The second-order valence-corrected chi connectivity index (χ2v) is 4.60. The van der Waals surface area contributed by atoms with Crippen molar-refractivity contribution in [3.05, 3.63) is 45.6 Å². The number of hydrogen-bond donors (Lipinski definition) is 0. The zero-order valence-electron chi connectivity index (χ0n) is 10.5. The molecular formula is C15H10ClN3. The smallest absolute Gasteiger partial charge is 0.137 e. The number of hydrogen-bond acceptors (Lipinski definition) is 3. The first-order valence-electron chi connectivity index (χ1n) is 5.65. The van der Waals surface area contributed by atoms with E-state index in [0.717, 1.165) is 22.0 Å². The molecule has 0 unspecified atom stereocenters. The fourth-order valence-corrected chi connectivity index (χ4v) is 2.07. The number of rotatable bonds is 1. The Balaban J connectivity index is 2.77. The van der Waals surface area contributed by atoms with Gasteiger partial charge in [0.1, 0.15) is 22.9 Å². The topological polar surface area (TPSA) is 60.5 Å². The molecular weight excluding hydrogens is 258 g/mol. The van der Waals surface area contributed by atoms with Crippen LogP contribution < -0.4 is 0 Å². The van der Waals surface area contributed by atoms with Gasteiger partial charge in [0.15, 0.2) is 0 Å². The largest absolute Gasteiger partial charge is 0.235 e. The highest BCUT2D eigenvalue weighted by Crippen LogP contribution is 2.26. The molecule has 19 heavy (non-hydrogen) atoms. The number of fused-ring (bicyclic) bond motifs is 1. The highest BCUT2D eigenvalue weighted by Gasteiger charge is 2.08. The fourth-order valence-electron chi connectivity index (χ4n) is 1.87. The number of nitriles is 2. The second kappa shape index (κ2) is 5.10. The number of pyridine rings is 1. The lowest BCUT2D eigenvalue weighted by Gasteiger charge is -2.07. The van der Waals surface area contributed by atoms with E-state index in [2.05, 4.69) is 4.98 Å². The number of aromatic nitrogens is 1. The SMILES string of the molecule is Cc1ccc(C)c2nc(Cl)c(C=C(C#N)C#N)cc12. The van der Waals surface area contributed by atoms with Gasteiger partial charge in [-0.15, -0.1) is 0 Å². The average Bonchev–Trinajstić information content (AvgIpc) is 2.41. The van der Waals surface area contributed by atoms with Gasteiger partial charge in [-0.3, -0.25) is 0 Å². The first-order valence-corrected chi connectivity index (χ1v) is 6.03. The predicted octanol–water partition coefficient (Wildman–Crippen LogP) is 3.94. The Morgan fingerprint density at radius 3 is 2.47 bits per heavy atom. The summed E-state index contributed by atoms with van der Waals surface area (Å²) in [7, 11) is 0. The van der Waals surface area contributed by atoms with Crippen molar-refractivity contribution < 1.29 is 0 Å². The normalized spacial score (nSPS) is 9.74. The summed E-state index contributed by atoms with van der Waals surface area (Å²) in [5, 5.41) is 18.8. The van der Waals surface area contributed by atoms with Gasteiger partial charge in [-0.2, -0.15) is 10.5 Å². The molecule has 1 heterocycles. The zero-order chi connectivity index (χ0) is 14.0. The van der Waals surface area contributed by atoms with E-state index in [1.165, 1.54) is 6.08 Å². The van der Waals surface area contributed by atoms with Crippen LogP contribution in [0.3, 0.4) is 0 Å². The Kier molecular flexibility index (Phi) is 3.51. The molecule has 0 aliphatic rings. The molecule has 0 radical (unpaired) electrons. The van der Waals surface area contributed by atoms with Gasteiger partial charge in [0.25, 0.3) is 0 Å². The summed E-state index contributed by atoms with van der Waals surface area (Å²) in [5.74, 6) is 0. The molecule has 3 nitrogen and oxygen atoms in total. The van der Waals surface area contributed by atoms with Crippen molar-refractivity contribution in [3.8, 4) is 12.1 Å². The Bertz CT molecular complexity index is 761. The van der Waals surface area contributed by atoms with Gasteiger partial charge >= 0.3 is 0 Å². The minimum absolute atomic E-state index is 0.00774. The van der Waals surface area contributed by atoms with E-state index in [1.807, 2.05) is 44.2 Å². The van der Waals surface area contributed by atoms with E-state index in [4.69, 9.17) is 22.1 Å². The molecule has 0 bridgehead atoms. The summed E-state index contributed by atoms with van der Waals surface area (Å²) < 4.78 is 0. The van der Waals surface area contributed by atoms with Crippen LogP contribution in [0, 0.1) is 36.5 Å². The van der Waals surface area contributed by atoms with E-state index in [1.54, 1.807) is 0 Å². The molecule has 4 heteroatoms. The van der Waals surface area contributed by atoms with Crippen LogP contribution in [0.5, 0.6) is 0 Å². The van der Waals surface area contributed by atoms with Gasteiger partial charge in [-0.1, -0.05) is 23.7 Å². The van der Waals surface area contributed by atoms with Crippen molar-refractivity contribution in [2.24, 2.45) is 0 Å². The number of benzene rings is 1. The van der Waals surface area contributed by atoms with Crippen LogP contribution >= 0.6 is 11.6 Å². The summed E-state index contributed by atoms with van der Waals surface area (Å²) in [6.45, 7) is 3.96. The van der Waals surface area contributed by atoms with Gasteiger partial charge in [-0.05, 0) is 37.1 Å². The molecule has 0 spiro atoms. The van der Waals surface area contributed by atoms with E-state index >= 15 is 0 Å². The van der Waals surface area contributed by atoms with Crippen LogP contribution in [0.4, 0.5) is 0 Å². The van der Waals surface area contributed by atoms with Crippen molar-refractivity contribution in [1.82, 2.24) is 4.98 Å². The summed E-state index contributed by atoms with van der Waals surface area (Å²) >= 11 is 6.11. The minimum Gasteiger partial charge on any atom is -0.235 e. The molecule has 0 aliphatic carbocycles. The van der Waals surface area contributed by atoms with Crippen molar-refractivity contribution in [2.75, 3.05) is 0 Å². The van der Waals surface area contributed by atoms with E-state index < -0.39 is 0 Å². The van der Waals surface area contributed by atoms with Crippen LogP contribution in [0.15, 0.2) is 23.8 Å². The van der Waals surface area contributed by atoms with E-state index in [0.29, 0.717) is 10.7 Å². The van der Waals surface area contributed by atoms with Crippen molar-refractivity contribution >= 4 is 28.6 Å². The molecule has 92 valence electrons. The molecule has 2 rings (SSSR count). The quantitative estimate of drug-likeness (QED) is 0.581. The fraction of sp³-hybridized carbons (Fsp3) is 0.133. The van der Waals surface area contributed by atoms with Crippen LogP contribution in [0.2, 0.25) is 5.15 Å². The average molecular weight is 268 g/mol. The van der Waals surface area contributed by atoms with Gasteiger partial charge in [0.05, 0.1) is 5.52 Å². The van der Waals surface area contributed by atoms with Gasteiger partial charge in [-0.25, -0.2) is 4.98 Å². The summed E-state index contributed by atoms with van der Waals surface area (Å²) in [5.41, 5.74) is 3.56. The minimum atomic E-state index is 0.00774. The maximum absolute atomic E-state index is 8.79. The molecule has 0 N–H and O–H groups in total. The first kappa shape index (κ1) is 13.1. The van der Waals surface area contributed by atoms with Gasteiger partial charge in [0.2, 0.25) is 0 Å². The predicted molar refractivity (Wildman–Crippen MR) is 75.4 cm³/mol. The molecule has 0 fully saturated rings. The monoisotopic (exact) mass is 267 g/mol. The third-order valence-corrected chi connectivity index (χ3v) is 3.23. The molecule has 0 aliphatic heterocycles. The Labute approximate surface area is 116 Å². The van der Waals surface area contributed by atoms with Gasteiger partial charge < -0.3 is 0 Å². The molecule has 1 aromatic heterocycles. The highest BCUT2D eigenvalue weighted by molar-refractivity contribution is 6.31. The first-order chi connectivity index (χ1) is 9.06. The lowest BCUT2D eigenvalue weighted by atomic mass is 10.0. The molecule has 2 aromatic rings. The molecule has 0 atom stereocenters. The lowest BCUT2D eigenvalue weighted by Crippen LogP contribution is -1.90. The summed E-state index contributed by atoms with van der Waals surface area (Å²) in [6, 6.07) is 9.50. The molecule has 0 saturated heterocycles. The third-order valence-electron chi connectivity index (χ3n) is 2.93. The van der Waals surface area contributed by atoms with Crippen LogP contribution in [-0.2, 0) is 0 Å². The lowest BCUT2D eigenvalue weighted by molar-refractivity contribution is 1.33. The summed E-state index contributed by atoms with van der Waals surface area (Å²) in [4.78, 5) is 4.36. The summed E-state index contributed by atoms with van der Waals surface area (Å²) in [6.07, 6.45) is 1.45.